The molecule has 44 heavy (non-hydrogen) atoms. The summed E-state index contributed by atoms with van der Waals surface area (Å²) in [6.07, 6.45) is 2.33. The number of benzene rings is 8. The van der Waals surface area contributed by atoms with E-state index in [-0.39, 0.29) is 0 Å². The maximum Gasteiger partial charge on any atom is -0.00264 e. The summed E-state index contributed by atoms with van der Waals surface area (Å²) in [4.78, 5) is 0. The van der Waals surface area contributed by atoms with Crippen molar-refractivity contribution in [2.45, 2.75) is 0 Å². The highest BCUT2D eigenvalue weighted by atomic mass is 14.2. The van der Waals surface area contributed by atoms with Gasteiger partial charge in [0.05, 0.1) is 0 Å². The molecule has 0 radical (unpaired) electrons. The second-order valence-corrected chi connectivity index (χ2v) is 11.3. The molecule has 0 atom stereocenters. The lowest BCUT2D eigenvalue weighted by molar-refractivity contribution is 1.57. The molecule has 0 aliphatic rings. The fourth-order valence-corrected chi connectivity index (χ4v) is 6.66. The zero-order valence-electron chi connectivity index (χ0n) is 24.3. The quantitative estimate of drug-likeness (QED) is 0.146. The molecule has 0 aromatic heterocycles. The Hall–Kier alpha value is -5.72. The van der Waals surface area contributed by atoms with E-state index in [2.05, 4.69) is 182 Å². The minimum absolute atomic E-state index is 1.18. The highest BCUT2D eigenvalue weighted by molar-refractivity contribution is 6.21. The minimum atomic E-state index is 1.18. The van der Waals surface area contributed by atoms with E-state index in [4.69, 9.17) is 0 Å². The van der Waals surface area contributed by atoms with Gasteiger partial charge in [0.2, 0.25) is 0 Å². The van der Waals surface area contributed by atoms with Crippen LogP contribution in [0.3, 0.4) is 0 Å². The fourth-order valence-electron chi connectivity index (χ4n) is 6.66. The SMILES string of the molecule is C(=C(/c1ccccc1)c1cccc2ccccc12)/c1ccc(-c2c3ccccc3c(-c3ccccc3)c3ccccc23)cc1. The lowest BCUT2D eigenvalue weighted by atomic mass is 9.86. The van der Waals surface area contributed by atoms with Gasteiger partial charge < -0.3 is 0 Å². The maximum absolute atomic E-state index is 2.33. The Morgan fingerprint density at radius 3 is 1.39 bits per heavy atom. The molecule has 0 unspecified atom stereocenters. The van der Waals surface area contributed by atoms with Gasteiger partial charge in [-0.3, -0.25) is 0 Å². The molecule has 8 rings (SSSR count). The van der Waals surface area contributed by atoms with Crippen LogP contribution in [0.15, 0.2) is 176 Å². The van der Waals surface area contributed by atoms with Crippen molar-refractivity contribution < 1.29 is 0 Å². The van der Waals surface area contributed by atoms with Crippen LogP contribution in [-0.4, -0.2) is 0 Å². The van der Waals surface area contributed by atoms with Crippen molar-refractivity contribution in [3.63, 3.8) is 0 Å². The molecule has 0 spiro atoms. The molecule has 0 N–H and O–H groups in total. The first-order valence-electron chi connectivity index (χ1n) is 15.2. The first kappa shape index (κ1) is 25.9. The van der Waals surface area contributed by atoms with Gasteiger partial charge in [-0.25, -0.2) is 0 Å². The Morgan fingerprint density at radius 1 is 0.341 bits per heavy atom. The largest absolute Gasteiger partial charge is 0.0622 e. The van der Waals surface area contributed by atoms with Gasteiger partial charge >= 0.3 is 0 Å². The van der Waals surface area contributed by atoms with Crippen LogP contribution in [0.1, 0.15) is 16.7 Å². The summed E-state index contributed by atoms with van der Waals surface area (Å²) in [5.74, 6) is 0. The smallest absolute Gasteiger partial charge is 0.00264 e. The van der Waals surface area contributed by atoms with Crippen LogP contribution in [0, 0.1) is 0 Å². The second kappa shape index (κ2) is 11.2. The highest BCUT2D eigenvalue weighted by Gasteiger charge is 2.16. The number of hydrogen-bond acceptors (Lipinski definition) is 0. The number of rotatable bonds is 5. The first-order chi connectivity index (χ1) is 21.8. The van der Waals surface area contributed by atoms with Gasteiger partial charge in [0, 0.05) is 0 Å². The average molecular weight is 559 g/mol. The summed E-state index contributed by atoms with van der Waals surface area (Å²) in [6, 6.07) is 63.5. The first-order valence-corrected chi connectivity index (χ1v) is 15.2. The molecule has 8 aromatic carbocycles. The van der Waals surface area contributed by atoms with Crippen LogP contribution in [0.25, 0.3) is 66.2 Å². The molecular weight excluding hydrogens is 528 g/mol. The van der Waals surface area contributed by atoms with Crippen molar-refractivity contribution in [1.82, 2.24) is 0 Å². The molecule has 0 saturated heterocycles. The van der Waals surface area contributed by atoms with Crippen LogP contribution in [0.2, 0.25) is 0 Å². The average Bonchev–Trinajstić information content (AvgIpc) is 3.10. The molecule has 0 bridgehead atoms. The van der Waals surface area contributed by atoms with Crippen molar-refractivity contribution in [1.29, 1.82) is 0 Å². The zero-order chi connectivity index (χ0) is 29.3. The summed E-state index contributed by atoms with van der Waals surface area (Å²) in [5.41, 5.74) is 9.89. The van der Waals surface area contributed by atoms with Crippen molar-refractivity contribution in [3.05, 3.63) is 193 Å². The van der Waals surface area contributed by atoms with Crippen LogP contribution < -0.4 is 0 Å². The summed E-state index contributed by atoms with van der Waals surface area (Å²) < 4.78 is 0. The molecule has 0 heteroatoms. The highest BCUT2D eigenvalue weighted by Crippen LogP contribution is 2.43. The van der Waals surface area contributed by atoms with Crippen molar-refractivity contribution in [3.8, 4) is 22.3 Å². The van der Waals surface area contributed by atoms with Crippen molar-refractivity contribution in [2.24, 2.45) is 0 Å². The van der Waals surface area contributed by atoms with Gasteiger partial charge in [0.1, 0.15) is 0 Å². The van der Waals surface area contributed by atoms with Gasteiger partial charge in [-0.1, -0.05) is 176 Å². The Balaban J connectivity index is 1.31. The van der Waals surface area contributed by atoms with E-state index in [1.807, 2.05) is 0 Å². The molecule has 206 valence electrons. The van der Waals surface area contributed by atoms with Gasteiger partial charge in [-0.05, 0) is 82.9 Å². The molecule has 0 saturated carbocycles. The standard InChI is InChI=1S/C44H30/c1-3-14-33(15-4-1)42(37-25-13-19-32-16-7-8-20-36(32)37)30-31-26-28-35(29-27-31)44-40-23-11-9-21-38(40)43(34-17-5-2-6-18-34)39-22-10-12-24-41(39)44/h1-30H/b42-30+. The zero-order valence-corrected chi connectivity index (χ0v) is 24.3. The minimum Gasteiger partial charge on any atom is -0.0622 e. The Kier molecular flexibility index (Phi) is 6.59. The summed E-state index contributed by atoms with van der Waals surface area (Å²) >= 11 is 0. The third-order valence-electron chi connectivity index (χ3n) is 8.67. The topological polar surface area (TPSA) is 0 Å². The maximum atomic E-state index is 2.33. The Labute approximate surface area is 258 Å². The van der Waals surface area contributed by atoms with Crippen LogP contribution >= 0.6 is 0 Å². The fraction of sp³-hybridized carbons (Fsp3) is 0. The molecule has 0 aliphatic carbocycles. The predicted octanol–water partition coefficient (Wildman–Crippen LogP) is 12.1. The van der Waals surface area contributed by atoms with Crippen LogP contribution in [0.5, 0.6) is 0 Å². The van der Waals surface area contributed by atoms with Crippen molar-refractivity contribution >= 4 is 44.0 Å². The van der Waals surface area contributed by atoms with Gasteiger partial charge in [0.25, 0.3) is 0 Å². The second-order valence-electron chi connectivity index (χ2n) is 11.3. The Morgan fingerprint density at radius 2 is 0.795 bits per heavy atom. The third-order valence-corrected chi connectivity index (χ3v) is 8.67. The molecular formula is C44H30. The van der Waals surface area contributed by atoms with Gasteiger partial charge in [0.15, 0.2) is 0 Å². The van der Waals surface area contributed by atoms with E-state index in [0.29, 0.717) is 0 Å². The van der Waals surface area contributed by atoms with Gasteiger partial charge in [-0.2, -0.15) is 0 Å². The van der Waals surface area contributed by atoms with E-state index in [1.54, 1.807) is 0 Å². The van der Waals surface area contributed by atoms with Crippen molar-refractivity contribution in [2.75, 3.05) is 0 Å². The Bertz CT molecular complexity index is 2230. The van der Waals surface area contributed by atoms with E-state index in [9.17, 15) is 0 Å². The molecule has 8 aromatic rings. The molecule has 0 nitrogen and oxygen atoms in total. The molecule has 0 aliphatic heterocycles. The lowest BCUT2D eigenvalue weighted by Crippen LogP contribution is -1.91. The van der Waals surface area contributed by atoms with Crippen LogP contribution in [0.4, 0.5) is 0 Å². The van der Waals surface area contributed by atoms with E-state index in [0.717, 1.165) is 0 Å². The normalized spacial score (nSPS) is 11.8. The van der Waals surface area contributed by atoms with E-state index < -0.39 is 0 Å². The predicted molar refractivity (Wildman–Crippen MR) is 190 cm³/mol. The number of fused-ring (bicyclic) bond motifs is 3. The van der Waals surface area contributed by atoms with Gasteiger partial charge in [-0.15, -0.1) is 0 Å². The van der Waals surface area contributed by atoms with E-state index in [1.165, 1.54) is 76.8 Å². The lowest BCUT2D eigenvalue weighted by Gasteiger charge is -2.18. The molecule has 0 amide bonds. The summed E-state index contributed by atoms with van der Waals surface area (Å²) in [6.45, 7) is 0. The van der Waals surface area contributed by atoms with Crippen LogP contribution in [-0.2, 0) is 0 Å². The summed E-state index contributed by atoms with van der Waals surface area (Å²) in [7, 11) is 0. The summed E-state index contributed by atoms with van der Waals surface area (Å²) in [5, 5.41) is 7.61. The molecule has 0 fully saturated rings. The third kappa shape index (κ3) is 4.58. The monoisotopic (exact) mass is 558 g/mol. The van der Waals surface area contributed by atoms with E-state index >= 15 is 0 Å². The molecule has 0 heterocycles. The number of hydrogen-bond donors (Lipinski definition) is 0.